The van der Waals surface area contributed by atoms with Gasteiger partial charge < -0.3 is 14.2 Å². The molecule has 0 radical (unpaired) electrons. The van der Waals surface area contributed by atoms with Gasteiger partial charge in [0.25, 0.3) is 0 Å². The minimum atomic E-state index is -3.91. The van der Waals surface area contributed by atoms with Crippen molar-refractivity contribution in [1.29, 1.82) is 0 Å². The average Bonchev–Trinajstić information content (AvgIpc) is 2.61. The number of morpholine rings is 1. The lowest BCUT2D eigenvalue weighted by Gasteiger charge is -2.39. The number of hydrogen-bond acceptors (Lipinski definition) is 6. The van der Waals surface area contributed by atoms with Crippen molar-refractivity contribution in [2.24, 2.45) is 0 Å². The summed E-state index contributed by atoms with van der Waals surface area (Å²) in [6, 6.07) is 4.98. The first kappa shape index (κ1) is 20.2. The van der Waals surface area contributed by atoms with Crippen molar-refractivity contribution >= 4 is 16.0 Å². The summed E-state index contributed by atoms with van der Waals surface area (Å²) in [5.74, 6) is 5.34. The molecular weight excluding hydrogens is 358 g/mol. The Kier molecular flexibility index (Phi) is 6.64. The summed E-state index contributed by atoms with van der Waals surface area (Å²) in [5, 5.41) is 0. The van der Waals surface area contributed by atoms with Crippen LogP contribution in [0.5, 0.6) is 5.75 Å². The van der Waals surface area contributed by atoms with Crippen LogP contribution in [0.1, 0.15) is 20.8 Å². The molecule has 26 heavy (non-hydrogen) atoms. The van der Waals surface area contributed by atoms with Gasteiger partial charge in [0.1, 0.15) is 18.4 Å². The van der Waals surface area contributed by atoms with Crippen molar-refractivity contribution in [3.63, 3.8) is 0 Å². The highest BCUT2D eigenvalue weighted by Gasteiger charge is 2.45. The van der Waals surface area contributed by atoms with Crippen LogP contribution in [0.2, 0.25) is 0 Å². The number of carbonyl (C=O) groups excluding carboxylic acids is 1. The molecule has 0 aromatic heterocycles. The van der Waals surface area contributed by atoms with Gasteiger partial charge >= 0.3 is 5.97 Å². The third-order valence-electron chi connectivity index (χ3n) is 4.00. The van der Waals surface area contributed by atoms with Crippen LogP contribution in [0.3, 0.4) is 0 Å². The summed E-state index contributed by atoms with van der Waals surface area (Å²) in [4.78, 5) is 12.2. The van der Waals surface area contributed by atoms with E-state index in [1.54, 1.807) is 32.9 Å². The minimum Gasteiger partial charge on any atom is -0.481 e. The monoisotopic (exact) mass is 381 g/mol. The minimum absolute atomic E-state index is 0.0663. The lowest BCUT2D eigenvalue weighted by Crippen LogP contribution is -2.58. The second-order valence-electron chi connectivity index (χ2n) is 5.88. The van der Waals surface area contributed by atoms with Crippen molar-refractivity contribution < 1.29 is 27.4 Å². The summed E-state index contributed by atoms with van der Waals surface area (Å²) in [6.07, 6.45) is -0.952. The van der Waals surface area contributed by atoms with Gasteiger partial charge in [0.2, 0.25) is 10.0 Å². The summed E-state index contributed by atoms with van der Waals surface area (Å²) in [5.41, 5.74) is 0. The van der Waals surface area contributed by atoms with Crippen LogP contribution in [0, 0.1) is 11.8 Å². The van der Waals surface area contributed by atoms with Crippen LogP contribution in [0.15, 0.2) is 29.2 Å². The van der Waals surface area contributed by atoms with Gasteiger partial charge in [-0.1, -0.05) is 5.92 Å². The molecule has 1 heterocycles. The predicted molar refractivity (Wildman–Crippen MR) is 95.1 cm³/mol. The fourth-order valence-electron chi connectivity index (χ4n) is 2.80. The molecule has 1 fully saturated rings. The molecule has 3 atom stereocenters. The first-order valence-corrected chi connectivity index (χ1v) is 9.63. The lowest BCUT2D eigenvalue weighted by atomic mass is 10.1. The third-order valence-corrected chi connectivity index (χ3v) is 5.86. The van der Waals surface area contributed by atoms with E-state index in [2.05, 4.69) is 11.8 Å². The van der Waals surface area contributed by atoms with E-state index in [1.807, 2.05) is 0 Å². The first-order chi connectivity index (χ1) is 12.3. The number of sulfonamides is 1. The molecule has 1 aliphatic heterocycles. The molecule has 0 amide bonds. The first-order valence-electron chi connectivity index (χ1n) is 8.19. The summed E-state index contributed by atoms with van der Waals surface area (Å²) >= 11 is 0. The molecule has 1 aliphatic rings. The van der Waals surface area contributed by atoms with Crippen LogP contribution in [-0.2, 0) is 24.3 Å². The van der Waals surface area contributed by atoms with E-state index < -0.39 is 28.1 Å². The average molecular weight is 381 g/mol. The number of esters is 1. The summed E-state index contributed by atoms with van der Waals surface area (Å²) in [6.45, 7) is 5.42. The van der Waals surface area contributed by atoms with Gasteiger partial charge in [-0.05, 0) is 45.0 Å². The Hall–Kier alpha value is -2.08. The molecular formula is C18H23NO6S. The van der Waals surface area contributed by atoms with Gasteiger partial charge in [0, 0.05) is 6.54 Å². The lowest BCUT2D eigenvalue weighted by molar-refractivity contribution is -0.158. The fraction of sp³-hybridized carbons (Fsp3) is 0.500. The maximum Gasteiger partial charge on any atom is 0.326 e. The Morgan fingerprint density at radius 3 is 2.54 bits per heavy atom. The van der Waals surface area contributed by atoms with Gasteiger partial charge in [0.05, 0.1) is 24.2 Å². The second-order valence-corrected chi connectivity index (χ2v) is 7.77. The van der Waals surface area contributed by atoms with E-state index in [0.29, 0.717) is 5.75 Å². The highest BCUT2D eigenvalue weighted by atomic mass is 32.2. The van der Waals surface area contributed by atoms with Gasteiger partial charge in [0.15, 0.2) is 0 Å². The van der Waals surface area contributed by atoms with Crippen LogP contribution >= 0.6 is 0 Å². The Bertz CT molecular complexity index is 793. The van der Waals surface area contributed by atoms with Gasteiger partial charge in [-0.2, -0.15) is 4.31 Å². The van der Waals surface area contributed by atoms with E-state index >= 15 is 0 Å². The van der Waals surface area contributed by atoms with Gasteiger partial charge in [-0.15, -0.1) is 5.92 Å². The Morgan fingerprint density at radius 2 is 1.96 bits per heavy atom. The number of rotatable bonds is 5. The molecule has 1 aromatic carbocycles. The van der Waals surface area contributed by atoms with Crippen molar-refractivity contribution in [3.8, 4) is 17.6 Å². The van der Waals surface area contributed by atoms with Gasteiger partial charge in [-0.3, -0.25) is 4.79 Å². The van der Waals surface area contributed by atoms with E-state index in [-0.39, 0.29) is 24.2 Å². The normalized spacial score (nSPS) is 23.6. The second kappa shape index (κ2) is 8.54. The van der Waals surface area contributed by atoms with Crippen LogP contribution in [0.4, 0.5) is 0 Å². The molecule has 1 aromatic rings. The van der Waals surface area contributed by atoms with E-state index in [4.69, 9.17) is 14.2 Å². The molecule has 0 bridgehead atoms. The number of nitrogens with zero attached hydrogens (tertiary/aromatic N) is 1. The Balaban J connectivity index is 2.30. The van der Waals surface area contributed by atoms with Crippen molar-refractivity contribution in [1.82, 2.24) is 4.31 Å². The van der Waals surface area contributed by atoms with Crippen molar-refractivity contribution in [2.75, 3.05) is 20.3 Å². The maximum absolute atomic E-state index is 13.1. The maximum atomic E-state index is 13.1. The molecule has 7 nitrogen and oxygen atoms in total. The molecule has 8 heteroatoms. The largest absolute Gasteiger partial charge is 0.481 e. The quantitative estimate of drug-likeness (QED) is 0.567. The molecule has 1 saturated heterocycles. The van der Waals surface area contributed by atoms with Crippen molar-refractivity contribution in [2.45, 2.75) is 43.9 Å². The predicted octanol–water partition coefficient (Wildman–Crippen LogP) is 1.43. The highest BCUT2D eigenvalue weighted by molar-refractivity contribution is 7.89. The zero-order valence-electron chi connectivity index (χ0n) is 15.3. The van der Waals surface area contributed by atoms with Crippen LogP contribution < -0.4 is 4.74 Å². The third kappa shape index (κ3) is 4.36. The number of benzene rings is 1. The number of hydrogen-bond donors (Lipinski definition) is 0. The van der Waals surface area contributed by atoms with E-state index in [1.165, 1.54) is 19.2 Å². The Labute approximate surface area is 154 Å². The summed E-state index contributed by atoms with van der Waals surface area (Å²) in [7, 11) is -2.68. The number of carbonyl (C=O) groups is 1. The smallest absolute Gasteiger partial charge is 0.326 e. The molecule has 0 spiro atoms. The van der Waals surface area contributed by atoms with E-state index in [0.717, 1.165) is 4.31 Å². The van der Waals surface area contributed by atoms with E-state index in [9.17, 15) is 13.2 Å². The highest BCUT2D eigenvalue weighted by Crippen LogP contribution is 2.27. The molecule has 0 N–H and O–H groups in total. The van der Waals surface area contributed by atoms with Gasteiger partial charge in [-0.25, -0.2) is 8.42 Å². The molecule has 3 unspecified atom stereocenters. The van der Waals surface area contributed by atoms with Crippen LogP contribution in [0.25, 0.3) is 0 Å². The fourth-order valence-corrected chi connectivity index (χ4v) is 4.51. The number of methoxy groups -OCH3 is 1. The molecule has 0 aliphatic carbocycles. The SMILES string of the molecule is CC#CCOc1ccc(S(=O)(=O)N2CC(C)OC(C)C2C(=O)OC)cc1. The molecule has 142 valence electrons. The topological polar surface area (TPSA) is 82.1 Å². The van der Waals surface area contributed by atoms with Crippen molar-refractivity contribution in [3.05, 3.63) is 24.3 Å². The standard InChI is InChI=1S/C18H23NO6S/c1-5-6-11-24-15-7-9-16(10-8-15)26(21,22)19-12-13(2)25-14(3)17(19)18(20)23-4/h7-10,13-14,17H,11-12H2,1-4H3. The van der Waals surface area contributed by atoms with Crippen LogP contribution in [-0.4, -0.2) is 57.2 Å². The zero-order chi connectivity index (χ0) is 19.3. The summed E-state index contributed by atoms with van der Waals surface area (Å²) < 4.78 is 43.1. The Morgan fingerprint density at radius 1 is 1.31 bits per heavy atom. The zero-order valence-corrected chi connectivity index (χ0v) is 16.1. The molecule has 2 rings (SSSR count). The molecule has 0 saturated carbocycles. The number of ether oxygens (including phenoxy) is 3.